The van der Waals surface area contributed by atoms with Crippen LogP contribution in [0.4, 0.5) is 5.69 Å². The van der Waals surface area contributed by atoms with Gasteiger partial charge >= 0.3 is 0 Å². The fourth-order valence-electron chi connectivity index (χ4n) is 3.35. The van der Waals surface area contributed by atoms with Gasteiger partial charge in [0.15, 0.2) is 5.11 Å². The van der Waals surface area contributed by atoms with Crippen molar-refractivity contribution < 1.29 is 0 Å². The molecule has 0 radical (unpaired) electrons. The van der Waals surface area contributed by atoms with Crippen molar-refractivity contribution in [2.75, 3.05) is 18.4 Å². The lowest BCUT2D eigenvalue weighted by molar-refractivity contribution is 0.312. The maximum absolute atomic E-state index is 5.66. The average molecular weight is 368 g/mol. The molecule has 5 heteroatoms. The minimum Gasteiger partial charge on any atom is -0.348 e. The Morgan fingerprint density at radius 2 is 2.12 bits per heavy atom. The van der Waals surface area contributed by atoms with E-state index in [2.05, 4.69) is 65.7 Å². The average Bonchev–Trinajstić information content (AvgIpc) is 3.06. The zero-order chi connectivity index (χ0) is 17.2. The molecule has 0 bridgehead atoms. The van der Waals surface area contributed by atoms with Crippen LogP contribution in [0.1, 0.15) is 29.3 Å². The second kappa shape index (κ2) is 7.10. The number of nitrogens with zero attached hydrogens (tertiary/aromatic N) is 2. The van der Waals surface area contributed by atoms with Crippen molar-refractivity contribution in [2.45, 2.75) is 25.7 Å². The van der Waals surface area contributed by atoms with Crippen LogP contribution in [0.5, 0.6) is 0 Å². The number of hydrogen-bond donors (Lipinski definition) is 1. The zero-order valence-electron chi connectivity index (χ0n) is 14.2. The SMILES string of the molecule is Cc1cccc(NC(=S)N2CCC[C@@H](c3nc4ccccc4s3)C2)c1. The van der Waals surface area contributed by atoms with Gasteiger partial charge in [-0.3, -0.25) is 0 Å². The van der Waals surface area contributed by atoms with E-state index in [1.54, 1.807) is 0 Å². The van der Waals surface area contributed by atoms with Gasteiger partial charge in [-0.15, -0.1) is 11.3 Å². The molecule has 1 aliphatic heterocycles. The first kappa shape index (κ1) is 16.5. The molecule has 128 valence electrons. The Labute approximate surface area is 157 Å². The van der Waals surface area contributed by atoms with Crippen molar-refractivity contribution in [2.24, 2.45) is 0 Å². The third-order valence-corrected chi connectivity index (χ3v) is 6.20. The van der Waals surface area contributed by atoms with Gasteiger partial charge in [0, 0.05) is 24.7 Å². The van der Waals surface area contributed by atoms with E-state index in [0.717, 1.165) is 35.8 Å². The van der Waals surface area contributed by atoms with E-state index in [9.17, 15) is 0 Å². The summed E-state index contributed by atoms with van der Waals surface area (Å²) in [5.41, 5.74) is 3.41. The minimum absolute atomic E-state index is 0.461. The van der Waals surface area contributed by atoms with Crippen molar-refractivity contribution in [1.29, 1.82) is 0 Å². The monoisotopic (exact) mass is 367 g/mol. The van der Waals surface area contributed by atoms with E-state index in [1.165, 1.54) is 21.7 Å². The molecule has 3 aromatic rings. The number of anilines is 1. The summed E-state index contributed by atoms with van der Waals surface area (Å²) >= 11 is 7.49. The number of fused-ring (bicyclic) bond motifs is 1. The molecule has 1 aromatic heterocycles. The van der Waals surface area contributed by atoms with Crippen molar-refractivity contribution >= 4 is 44.6 Å². The van der Waals surface area contributed by atoms with E-state index in [-0.39, 0.29) is 0 Å². The number of nitrogens with one attached hydrogen (secondary N) is 1. The molecular weight excluding hydrogens is 346 g/mol. The van der Waals surface area contributed by atoms with Gasteiger partial charge in [0.05, 0.1) is 15.2 Å². The Morgan fingerprint density at radius 3 is 2.96 bits per heavy atom. The van der Waals surface area contributed by atoms with Crippen LogP contribution in [0.3, 0.4) is 0 Å². The first-order valence-electron chi connectivity index (χ1n) is 8.67. The number of thiazole rings is 1. The molecular formula is C20H21N3S2. The third kappa shape index (κ3) is 3.67. The van der Waals surface area contributed by atoms with Crippen LogP contribution in [0.25, 0.3) is 10.2 Å². The Kier molecular flexibility index (Phi) is 4.68. The van der Waals surface area contributed by atoms with Crippen molar-refractivity contribution in [3.63, 3.8) is 0 Å². The molecule has 2 aromatic carbocycles. The van der Waals surface area contributed by atoms with Gasteiger partial charge in [0.25, 0.3) is 0 Å². The molecule has 0 saturated carbocycles. The topological polar surface area (TPSA) is 28.2 Å². The summed E-state index contributed by atoms with van der Waals surface area (Å²) in [6, 6.07) is 16.7. The summed E-state index contributed by atoms with van der Waals surface area (Å²) in [6.45, 7) is 4.05. The lowest BCUT2D eigenvalue weighted by Gasteiger charge is -2.33. The molecule has 0 aliphatic carbocycles. The molecule has 0 spiro atoms. The highest BCUT2D eigenvalue weighted by molar-refractivity contribution is 7.80. The maximum Gasteiger partial charge on any atom is 0.173 e. The number of rotatable bonds is 2. The highest BCUT2D eigenvalue weighted by atomic mass is 32.1. The Bertz CT molecular complexity index is 870. The second-order valence-electron chi connectivity index (χ2n) is 6.60. The van der Waals surface area contributed by atoms with E-state index >= 15 is 0 Å². The first-order valence-corrected chi connectivity index (χ1v) is 9.89. The molecule has 1 fully saturated rings. The fraction of sp³-hybridized carbons (Fsp3) is 0.300. The van der Waals surface area contributed by atoms with Gasteiger partial charge in [-0.05, 0) is 61.8 Å². The maximum atomic E-state index is 5.66. The molecule has 2 heterocycles. The molecule has 0 amide bonds. The highest BCUT2D eigenvalue weighted by Gasteiger charge is 2.25. The summed E-state index contributed by atoms with van der Waals surface area (Å²) < 4.78 is 1.27. The molecule has 0 unspecified atom stereocenters. The standard InChI is InChI=1S/C20H21N3S2/c1-14-6-4-8-16(12-14)21-20(24)23-11-5-7-15(13-23)19-22-17-9-2-3-10-18(17)25-19/h2-4,6,8-10,12,15H,5,7,11,13H2,1H3,(H,21,24)/t15-/m1/s1. The van der Waals surface area contributed by atoms with Crippen LogP contribution < -0.4 is 5.32 Å². The van der Waals surface area contributed by atoms with Gasteiger partial charge in [-0.1, -0.05) is 24.3 Å². The van der Waals surface area contributed by atoms with Crippen molar-refractivity contribution in [3.8, 4) is 0 Å². The van der Waals surface area contributed by atoms with Crippen LogP contribution in [-0.2, 0) is 0 Å². The van der Waals surface area contributed by atoms with Gasteiger partial charge < -0.3 is 10.2 Å². The second-order valence-corrected chi connectivity index (χ2v) is 8.05. The number of aromatic nitrogens is 1. The molecule has 4 rings (SSSR count). The lowest BCUT2D eigenvalue weighted by Crippen LogP contribution is -2.41. The van der Waals surface area contributed by atoms with Gasteiger partial charge in [-0.2, -0.15) is 0 Å². The number of thiocarbonyl (C=S) groups is 1. The Balaban J connectivity index is 1.47. The van der Waals surface area contributed by atoms with Crippen molar-refractivity contribution in [3.05, 3.63) is 59.1 Å². The molecule has 25 heavy (non-hydrogen) atoms. The minimum atomic E-state index is 0.461. The van der Waals surface area contributed by atoms with Gasteiger partial charge in [0.1, 0.15) is 0 Å². The van der Waals surface area contributed by atoms with Crippen LogP contribution in [-0.4, -0.2) is 28.1 Å². The Hall–Kier alpha value is -1.98. The number of para-hydroxylation sites is 1. The number of piperidine rings is 1. The molecule has 1 aliphatic rings. The van der Waals surface area contributed by atoms with E-state index in [0.29, 0.717) is 5.92 Å². The lowest BCUT2D eigenvalue weighted by atomic mass is 9.99. The van der Waals surface area contributed by atoms with E-state index < -0.39 is 0 Å². The number of aryl methyl sites for hydroxylation is 1. The van der Waals surface area contributed by atoms with Crippen LogP contribution in [0, 0.1) is 6.92 Å². The molecule has 1 saturated heterocycles. The zero-order valence-corrected chi connectivity index (χ0v) is 15.9. The normalized spacial score (nSPS) is 17.6. The summed E-state index contributed by atoms with van der Waals surface area (Å²) in [4.78, 5) is 7.14. The predicted octanol–water partition coefficient (Wildman–Crippen LogP) is 5.18. The summed E-state index contributed by atoms with van der Waals surface area (Å²) in [5, 5.41) is 5.45. The van der Waals surface area contributed by atoms with Crippen LogP contribution in [0.15, 0.2) is 48.5 Å². The summed E-state index contributed by atoms with van der Waals surface area (Å²) in [7, 11) is 0. The molecule has 1 atom stereocenters. The predicted molar refractivity (Wildman–Crippen MR) is 111 cm³/mol. The van der Waals surface area contributed by atoms with E-state index in [4.69, 9.17) is 17.2 Å². The van der Waals surface area contributed by atoms with Gasteiger partial charge in [0.2, 0.25) is 0 Å². The highest BCUT2D eigenvalue weighted by Crippen LogP contribution is 2.33. The number of hydrogen-bond acceptors (Lipinski definition) is 3. The van der Waals surface area contributed by atoms with Crippen LogP contribution in [0.2, 0.25) is 0 Å². The van der Waals surface area contributed by atoms with Crippen molar-refractivity contribution in [1.82, 2.24) is 9.88 Å². The van der Waals surface area contributed by atoms with Gasteiger partial charge in [-0.25, -0.2) is 4.98 Å². The van der Waals surface area contributed by atoms with Crippen LogP contribution >= 0.6 is 23.6 Å². The van der Waals surface area contributed by atoms with E-state index in [1.807, 2.05) is 11.3 Å². The smallest absolute Gasteiger partial charge is 0.173 e. The molecule has 3 nitrogen and oxygen atoms in total. The summed E-state index contributed by atoms with van der Waals surface area (Å²) in [5.74, 6) is 0.461. The number of benzene rings is 2. The largest absolute Gasteiger partial charge is 0.348 e. The first-order chi connectivity index (χ1) is 12.2. The number of likely N-dealkylation sites (tertiary alicyclic amines) is 1. The third-order valence-electron chi connectivity index (χ3n) is 4.64. The fourth-order valence-corrected chi connectivity index (χ4v) is 4.73. The molecule has 1 N–H and O–H groups in total. The summed E-state index contributed by atoms with van der Waals surface area (Å²) in [6.07, 6.45) is 2.33. The quantitative estimate of drug-likeness (QED) is 0.632. The Morgan fingerprint density at radius 1 is 1.24 bits per heavy atom.